The monoisotopic (exact) mass is 254 g/mol. The first-order valence-corrected chi connectivity index (χ1v) is 6.65. The fourth-order valence-electron chi connectivity index (χ4n) is 2.59. The Morgan fingerprint density at radius 1 is 1.21 bits per heavy atom. The van der Waals surface area contributed by atoms with Gasteiger partial charge < -0.3 is 10.1 Å². The van der Waals surface area contributed by atoms with Crippen LogP contribution in [-0.4, -0.2) is 18.6 Å². The van der Waals surface area contributed by atoms with Crippen LogP contribution in [0.4, 0.5) is 0 Å². The molecule has 0 saturated carbocycles. The second-order valence-electron chi connectivity index (χ2n) is 4.90. The number of nitrogens with zero attached hydrogens (tertiary/aromatic N) is 1. The zero-order chi connectivity index (χ0) is 13.1. The quantitative estimate of drug-likeness (QED) is 0.890. The van der Waals surface area contributed by atoms with Gasteiger partial charge in [0, 0.05) is 25.1 Å². The van der Waals surface area contributed by atoms with E-state index in [1.54, 1.807) is 7.11 Å². The smallest absolute Gasteiger partial charge is 0.213 e. The van der Waals surface area contributed by atoms with Gasteiger partial charge in [-0.2, -0.15) is 0 Å². The summed E-state index contributed by atoms with van der Waals surface area (Å²) in [6.45, 7) is 1.80. The molecule has 1 heterocycles. The second kappa shape index (κ2) is 5.41. The molecule has 0 aliphatic heterocycles. The molecule has 3 nitrogen and oxygen atoms in total. The molecule has 98 valence electrons. The Hall–Kier alpha value is -1.87. The second-order valence-corrected chi connectivity index (χ2v) is 4.90. The minimum absolute atomic E-state index is 0.654. The van der Waals surface area contributed by atoms with Crippen molar-refractivity contribution < 1.29 is 4.74 Å². The summed E-state index contributed by atoms with van der Waals surface area (Å²) in [7, 11) is 1.64. The Bertz CT molecular complexity index is 568. The third kappa shape index (κ3) is 2.61. The zero-order valence-electron chi connectivity index (χ0n) is 11.1. The molecular formula is C16H18N2O. The molecule has 0 bridgehead atoms. The number of hydrogen-bond donors (Lipinski definition) is 1. The maximum atomic E-state index is 5.12. The van der Waals surface area contributed by atoms with Crippen LogP contribution in [0.25, 0.3) is 0 Å². The normalized spacial score (nSPS) is 16.6. The molecule has 2 aromatic rings. The first-order chi connectivity index (χ1) is 9.36. The van der Waals surface area contributed by atoms with Crippen LogP contribution in [-0.2, 0) is 13.0 Å². The van der Waals surface area contributed by atoms with Gasteiger partial charge in [-0.15, -0.1) is 0 Å². The largest absolute Gasteiger partial charge is 0.481 e. The minimum Gasteiger partial charge on any atom is -0.481 e. The fourth-order valence-corrected chi connectivity index (χ4v) is 2.59. The predicted octanol–water partition coefficient (Wildman–Crippen LogP) is 2.52. The van der Waals surface area contributed by atoms with Gasteiger partial charge in [0.1, 0.15) is 0 Å². The number of benzene rings is 1. The van der Waals surface area contributed by atoms with Crippen molar-refractivity contribution >= 4 is 0 Å². The molecule has 0 saturated heterocycles. The lowest BCUT2D eigenvalue weighted by atomic mass is 9.77. The highest BCUT2D eigenvalue weighted by Gasteiger charge is 2.24. The molecule has 3 heteroatoms. The Morgan fingerprint density at radius 2 is 2.11 bits per heavy atom. The molecule has 1 aliphatic carbocycles. The number of pyridine rings is 1. The van der Waals surface area contributed by atoms with Gasteiger partial charge in [-0.1, -0.05) is 30.3 Å². The van der Waals surface area contributed by atoms with E-state index in [1.807, 2.05) is 18.2 Å². The number of nitrogens with one attached hydrogen (secondary N) is 1. The molecule has 1 N–H and O–H groups in total. The van der Waals surface area contributed by atoms with Crippen LogP contribution < -0.4 is 10.1 Å². The average molecular weight is 254 g/mol. The van der Waals surface area contributed by atoms with Gasteiger partial charge in [0.2, 0.25) is 5.88 Å². The van der Waals surface area contributed by atoms with Gasteiger partial charge in [-0.05, 0) is 23.6 Å². The maximum Gasteiger partial charge on any atom is 0.213 e. The Balaban J connectivity index is 1.52. The van der Waals surface area contributed by atoms with Gasteiger partial charge in [-0.3, -0.25) is 0 Å². The molecule has 0 spiro atoms. The molecule has 19 heavy (non-hydrogen) atoms. The van der Waals surface area contributed by atoms with E-state index < -0.39 is 0 Å². The van der Waals surface area contributed by atoms with Gasteiger partial charge in [0.15, 0.2) is 0 Å². The standard InChI is InChI=1S/C16H18N2O/c1-19-16-8-4-6-14(18-16)11-17-10-13-9-12-5-2-3-7-15(12)13/h2-8,13,17H,9-11H2,1H3. The van der Waals surface area contributed by atoms with Crippen LogP contribution in [0.1, 0.15) is 22.7 Å². The zero-order valence-corrected chi connectivity index (χ0v) is 11.1. The summed E-state index contributed by atoms with van der Waals surface area (Å²) in [6.07, 6.45) is 1.19. The lowest BCUT2D eigenvalue weighted by molar-refractivity contribution is 0.395. The van der Waals surface area contributed by atoms with Crippen molar-refractivity contribution in [2.24, 2.45) is 0 Å². The number of hydrogen-bond acceptors (Lipinski definition) is 3. The number of rotatable bonds is 5. The molecule has 3 rings (SSSR count). The van der Waals surface area contributed by atoms with Gasteiger partial charge in [0.05, 0.1) is 12.8 Å². The summed E-state index contributed by atoms with van der Waals surface area (Å²) in [4.78, 5) is 4.39. The van der Waals surface area contributed by atoms with Crippen LogP contribution in [0, 0.1) is 0 Å². The van der Waals surface area contributed by atoms with Gasteiger partial charge in [0.25, 0.3) is 0 Å². The maximum absolute atomic E-state index is 5.12. The summed E-state index contributed by atoms with van der Waals surface area (Å²) in [5.41, 5.74) is 4.01. The van der Waals surface area contributed by atoms with Gasteiger partial charge >= 0.3 is 0 Å². The van der Waals surface area contributed by atoms with Crippen LogP contribution in [0.2, 0.25) is 0 Å². The summed E-state index contributed by atoms with van der Waals surface area (Å²) >= 11 is 0. The molecule has 0 radical (unpaired) electrons. The summed E-state index contributed by atoms with van der Waals surface area (Å²) in [6, 6.07) is 14.5. The van der Waals surface area contributed by atoms with Crippen LogP contribution in [0.3, 0.4) is 0 Å². The minimum atomic E-state index is 0.654. The molecule has 1 aliphatic rings. The van der Waals surface area contributed by atoms with E-state index in [4.69, 9.17) is 4.74 Å². The van der Waals surface area contributed by atoms with E-state index in [-0.39, 0.29) is 0 Å². The average Bonchev–Trinajstić information content (AvgIpc) is 2.44. The summed E-state index contributed by atoms with van der Waals surface area (Å²) in [5, 5.41) is 3.48. The Morgan fingerprint density at radius 3 is 2.95 bits per heavy atom. The Kier molecular flexibility index (Phi) is 3.47. The van der Waals surface area contributed by atoms with Crippen molar-refractivity contribution in [1.29, 1.82) is 0 Å². The molecule has 1 atom stereocenters. The molecule has 1 aromatic carbocycles. The van der Waals surface area contributed by atoms with Crippen molar-refractivity contribution in [1.82, 2.24) is 10.3 Å². The van der Waals surface area contributed by atoms with Crippen LogP contribution in [0.5, 0.6) is 5.88 Å². The predicted molar refractivity (Wildman–Crippen MR) is 75.4 cm³/mol. The van der Waals surface area contributed by atoms with E-state index in [1.165, 1.54) is 17.5 Å². The number of fused-ring (bicyclic) bond motifs is 1. The van der Waals surface area contributed by atoms with Crippen LogP contribution in [0.15, 0.2) is 42.5 Å². The Labute approximate surface area is 113 Å². The van der Waals surface area contributed by atoms with E-state index >= 15 is 0 Å². The third-order valence-electron chi connectivity index (χ3n) is 3.65. The first-order valence-electron chi connectivity index (χ1n) is 6.65. The highest BCUT2D eigenvalue weighted by Crippen LogP contribution is 2.33. The highest BCUT2D eigenvalue weighted by atomic mass is 16.5. The topological polar surface area (TPSA) is 34.1 Å². The highest BCUT2D eigenvalue weighted by molar-refractivity contribution is 5.40. The lowest BCUT2D eigenvalue weighted by Gasteiger charge is -2.30. The number of ether oxygens (including phenoxy) is 1. The fraction of sp³-hybridized carbons (Fsp3) is 0.312. The van der Waals surface area contributed by atoms with E-state index in [2.05, 4.69) is 34.6 Å². The molecule has 1 aromatic heterocycles. The van der Waals surface area contributed by atoms with E-state index in [0.717, 1.165) is 18.8 Å². The lowest BCUT2D eigenvalue weighted by Crippen LogP contribution is -2.29. The molecule has 0 fully saturated rings. The number of methoxy groups -OCH3 is 1. The van der Waals surface area contributed by atoms with Crippen molar-refractivity contribution in [2.45, 2.75) is 18.9 Å². The summed E-state index contributed by atoms with van der Waals surface area (Å²) in [5.74, 6) is 1.33. The van der Waals surface area contributed by atoms with E-state index in [0.29, 0.717) is 11.8 Å². The van der Waals surface area contributed by atoms with Crippen LogP contribution >= 0.6 is 0 Å². The van der Waals surface area contributed by atoms with Crippen molar-refractivity contribution in [3.63, 3.8) is 0 Å². The number of aromatic nitrogens is 1. The van der Waals surface area contributed by atoms with Crippen molar-refractivity contribution in [3.05, 3.63) is 59.3 Å². The first kappa shape index (κ1) is 12.2. The molecular weight excluding hydrogens is 236 g/mol. The summed E-state index contributed by atoms with van der Waals surface area (Å²) < 4.78 is 5.12. The van der Waals surface area contributed by atoms with E-state index in [9.17, 15) is 0 Å². The van der Waals surface area contributed by atoms with Gasteiger partial charge in [-0.25, -0.2) is 4.98 Å². The third-order valence-corrected chi connectivity index (χ3v) is 3.65. The SMILES string of the molecule is COc1cccc(CNCC2Cc3ccccc32)n1. The van der Waals surface area contributed by atoms with Crippen molar-refractivity contribution in [3.8, 4) is 5.88 Å². The molecule has 1 unspecified atom stereocenters. The molecule has 0 amide bonds. The van der Waals surface area contributed by atoms with Crippen molar-refractivity contribution in [2.75, 3.05) is 13.7 Å².